The first-order chi connectivity index (χ1) is 5.24. The fourth-order valence-corrected chi connectivity index (χ4v) is 1.70. The SMILES string of the molecule is ClCCc1ccc(Br)c(Br)c1. The van der Waals surface area contributed by atoms with Crippen LogP contribution in [0.2, 0.25) is 0 Å². The quantitative estimate of drug-likeness (QED) is 0.724. The van der Waals surface area contributed by atoms with Gasteiger partial charge in [-0.05, 0) is 56.0 Å². The van der Waals surface area contributed by atoms with Gasteiger partial charge >= 0.3 is 0 Å². The van der Waals surface area contributed by atoms with Crippen LogP contribution in [-0.4, -0.2) is 5.88 Å². The van der Waals surface area contributed by atoms with E-state index in [-0.39, 0.29) is 0 Å². The maximum atomic E-state index is 5.60. The van der Waals surface area contributed by atoms with Gasteiger partial charge in [0.2, 0.25) is 0 Å². The number of rotatable bonds is 2. The Bertz CT molecular complexity index is 248. The topological polar surface area (TPSA) is 0 Å². The van der Waals surface area contributed by atoms with Gasteiger partial charge in [0.1, 0.15) is 0 Å². The molecule has 0 heterocycles. The molecule has 11 heavy (non-hydrogen) atoms. The second-order valence-corrected chi connectivity index (χ2v) is 4.27. The minimum Gasteiger partial charge on any atom is -0.126 e. The normalized spacial score (nSPS) is 10.1. The van der Waals surface area contributed by atoms with Gasteiger partial charge in [0.05, 0.1) is 0 Å². The maximum Gasteiger partial charge on any atom is 0.0320 e. The highest BCUT2D eigenvalue weighted by Gasteiger charge is 1.97. The lowest BCUT2D eigenvalue weighted by Crippen LogP contribution is -1.85. The zero-order chi connectivity index (χ0) is 8.27. The van der Waals surface area contributed by atoms with E-state index in [0.29, 0.717) is 5.88 Å². The van der Waals surface area contributed by atoms with Crippen LogP contribution < -0.4 is 0 Å². The van der Waals surface area contributed by atoms with Crippen LogP contribution in [0.5, 0.6) is 0 Å². The standard InChI is InChI=1S/C8H7Br2Cl/c9-7-2-1-6(3-4-11)5-8(7)10/h1-2,5H,3-4H2. The molecule has 3 heteroatoms. The first-order valence-corrected chi connectivity index (χ1v) is 5.36. The summed E-state index contributed by atoms with van der Waals surface area (Å²) in [5.41, 5.74) is 1.26. The summed E-state index contributed by atoms with van der Waals surface area (Å²) < 4.78 is 2.16. The van der Waals surface area contributed by atoms with Gasteiger partial charge in [-0.3, -0.25) is 0 Å². The average molecular weight is 298 g/mol. The van der Waals surface area contributed by atoms with Crippen molar-refractivity contribution in [1.82, 2.24) is 0 Å². The monoisotopic (exact) mass is 296 g/mol. The second kappa shape index (κ2) is 4.48. The Morgan fingerprint density at radius 2 is 1.91 bits per heavy atom. The van der Waals surface area contributed by atoms with Gasteiger partial charge in [0, 0.05) is 14.8 Å². The Morgan fingerprint density at radius 1 is 1.18 bits per heavy atom. The van der Waals surface area contributed by atoms with E-state index < -0.39 is 0 Å². The molecule has 0 bridgehead atoms. The number of aryl methyl sites for hydroxylation is 1. The van der Waals surface area contributed by atoms with Crippen LogP contribution in [0, 0.1) is 0 Å². The highest BCUT2D eigenvalue weighted by atomic mass is 79.9. The maximum absolute atomic E-state index is 5.60. The summed E-state index contributed by atoms with van der Waals surface area (Å²) >= 11 is 12.4. The van der Waals surface area contributed by atoms with Crippen LogP contribution in [0.15, 0.2) is 27.1 Å². The molecule has 0 spiro atoms. The Kier molecular flexibility index (Phi) is 3.90. The molecule has 0 saturated heterocycles. The highest BCUT2D eigenvalue weighted by molar-refractivity contribution is 9.13. The molecule has 1 aromatic carbocycles. The van der Waals surface area contributed by atoms with E-state index in [1.807, 2.05) is 6.07 Å². The summed E-state index contributed by atoms with van der Waals surface area (Å²) in [7, 11) is 0. The van der Waals surface area contributed by atoms with Crippen LogP contribution in [-0.2, 0) is 6.42 Å². The van der Waals surface area contributed by atoms with Gasteiger partial charge in [0.15, 0.2) is 0 Å². The van der Waals surface area contributed by atoms with Crippen LogP contribution in [0.4, 0.5) is 0 Å². The fourth-order valence-electron chi connectivity index (χ4n) is 0.804. The summed E-state index contributed by atoms with van der Waals surface area (Å²) in [6, 6.07) is 6.16. The van der Waals surface area contributed by atoms with E-state index in [9.17, 15) is 0 Å². The molecule has 0 fully saturated rings. The van der Waals surface area contributed by atoms with Gasteiger partial charge in [-0.2, -0.15) is 0 Å². The number of hydrogen-bond acceptors (Lipinski definition) is 0. The zero-order valence-electron chi connectivity index (χ0n) is 5.78. The molecule has 0 nitrogen and oxygen atoms in total. The van der Waals surface area contributed by atoms with E-state index in [2.05, 4.69) is 44.0 Å². The lowest BCUT2D eigenvalue weighted by Gasteiger charge is -1.99. The number of halogens is 3. The fraction of sp³-hybridized carbons (Fsp3) is 0.250. The molecule has 60 valence electrons. The first-order valence-electron chi connectivity index (χ1n) is 3.24. The lowest BCUT2D eigenvalue weighted by atomic mass is 10.2. The van der Waals surface area contributed by atoms with Gasteiger partial charge < -0.3 is 0 Å². The van der Waals surface area contributed by atoms with Gasteiger partial charge in [0.25, 0.3) is 0 Å². The number of benzene rings is 1. The van der Waals surface area contributed by atoms with E-state index >= 15 is 0 Å². The van der Waals surface area contributed by atoms with Crippen LogP contribution in [0.25, 0.3) is 0 Å². The molecule has 0 amide bonds. The minimum atomic E-state index is 0.675. The molecule has 1 rings (SSSR count). The van der Waals surface area contributed by atoms with E-state index in [1.165, 1.54) is 5.56 Å². The van der Waals surface area contributed by atoms with Gasteiger partial charge in [-0.15, -0.1) is 11.6 Å². The Morgan fingerprint density at radius 3 is 2.45 bits per heavy atom. The molecule has 0 aliphatic heterocycles. The zero-order valence-corrected chi connectivity index (χ0v) is 9.71. The third-order valence-electron chi connectivity index (χ3n) is 1.37. The number of hydrogen-bond donors (Lipinski definition) is 0. The molecular weight excluding hydrogens is 291 g/mol. The third-order valence-corrected chi connectivity index (χ3v) is 3.44. The van der Waals surface area contributed by atoms with Crippen molar-refractivity contribution in [2.24, 2.45) is 0 Å². The second-order valence-electron chi connectivity index (χ2n) is 2.19. The Balaban J connectivity index is 2.86. The molecule has 0 aliphatic carbocycles. The largest absolute Gasteiger partial charge is 0.126 e. The first kappa shape index (κ1) is 9.56. The third kappa shape index (κ3) is 2.77. The molecule has 1 aromatic rings. The van der Waals surface area contributed by atoms with Crippen molar-refractivity contribution >= 4 is 43.5 Å². The molecule has 0 unspecified atom stereocenters. The van der Waals surface area contributed by atoms with Crippen LogP contribution in [0.1, 0.15) is 5.56 Å². The van der Waals surface area contributed by atoms with Crippen molar-refractivity contribution < 1.29 is 0 Å². The van der Waals surface area contributed by atoms with Crippen molar-refractivity contribution in [3.8, 4) is 0 Å². The van der Waals surface area contributed by atoms with Crippen molar-refractivity contribution in [2.45, 2.75) is 6.42 Å². The summed E-state index contributed by atoms with van der Waals surface area (Å²) in [6.07, 6.45) is 0.924. The smallest absolute Gasteiger partial charge is 0.0320 e. The summed E-state index contributed by atoms with van der Waals surface area (Å²) in [6.45, 7) is 0. The Hall–Kier alpha value is 0.470. The van der Waals surface area contributed by atoms with Crippen LogP contribution >= 0.6 is 43.5 Å². The van der Waals surface area contributed by atoms with E-state index in [4.69, 9.17) is 11.6 Å². The number of alkyl halides is 1. The summed E-state index contributed by atoms with van der Waals surface area (Å²) in [5, 5.41) is 0. The summed E-state index contributed by atoms with van der Waals surface area (Å²) in [4.78, 5) is 0. The predicted molar refractivity (Wildman–Crippen MR) is 56.3 cm³/mol. The molecule has 0 saturated carbocycles. The molecule has 0 aromatic heterocycles. The average Bonchev–Trinajstić information content (AvgIpc) is 1.98. The highest BCUT2D eigenvalue weighted by Crippen LogP contribution is 2.23. The molecule has 0 atom stereocenters. The van der Waals surface area contributed by atoms with Gasteiger partial charge in [-0.25, -0.2) is 0 Å². The minimum absolute atomic E-state index is 0.675. The molecule has 0 N–H and O–H groups in total. The molecule has 0 aliphatic rings. The van der Waals surface area contributed by atoms with Crippen molar-refractivity contribution in [2.75, 3.05) is 5.88 Å². The van der Waals surface area contributed by atoms with Gasteiger partial charge in [-0.1, -0.05) is 6.07 Å². The summed E-state index contributed by atoms with van der Waals surface area (Å²) in [5.74, 6) is 0.675. The van der Waals surface area contributed by atoms with E-state index in [0.717, 1.165) is 15.4 Å². The van der Waals surface area contributed by atoms with E-state index in [1.54, 1.807) is 0 Å². The Labute approximate surface area is 88.2 Å². The predicted octanol–water partition coefficient (Wildman–Crippen LogP) is 3.99. The van der Waals surface area contributed by atoms with Crippen molar-refractivity contribution in [3.05, 3.63) is 32.7 Å². The molecule has 0 radical (unpaired) electrons. The van der Waals surface area contributed by atoms with Crippen molar-refractivity contribution in [1.29, 1.82) is 0 Å². The van der Waals surface area contributed by atoms with Crippen molar-refractivity contribution in [3.63, 3.8) is 0 Å². The molecular formula is C8H7Br2Cl. The van der Waals surface area contributed by atoms with Crippen LogP contribution in [0.3, 0.4) is 0 Å². The lowest BCUT2D eigenvalue weighted by molar-refractivity contribution is 1.14.